The highest BCUT2D eigenvalue weighted by molar-refractivity contribution is 5.70. The first-order chi connectivity index (χ1) is 13.2. The van der Waals surface area contributed by atoms with Gasteiger partial charge in [-0.1, -0.05) is 0 Å². The average molecular weight is 364 g/mol. The number of hydrogen-bond acceptors (Lipinski definition) is 8. The molecule has 27 heavy (non-hydrogen) atoms. The first-order valence-corrected chi connectivity index (χ1v) is 8.66. The van der Waals surface area contributed by atoms with Crippen LogP contribution in [0, 0.1) is 0 Å². The number of aromatic nitrogens is 4. The minimum Gasteiger partial charge on any atom is -0.495 e. The summed E-state index contributed by atoms with van der Waals surface area (Å²) in [5.41, 5.74) is 8.99. The maximum Gasteiger partial charge on any atom is 0.226 e. The fourth-order valence-electron chi connectivity index (χ4n) is 2.86. The number of hydrogen-bond donors (Lipinski definition) is 1. The van der Waals surface area contributed by atoms with Crippen LogP contribution in [-0.2, 0) is 4.74 Å². The molecule has 4 heterocycles. The van der Waals surface area contributed by atoms with Crippen molar-refractivity contribution in [2.24, 2.45) is 0 Å². The summed E-state index contributed by atoms with van der Waals surface area (Å²) in [6.45, 7) is 2.82. The van der Waals surface area contributed by atoms with Crippen molar-refractivity contribution in [1.82, 2.24) is 19.9 Å². The number of rotatable bonds is 4. The van der Waals surface area contributed by atoms with Crippen LogP contribution < -0.4 is 15.4 Å². The largest absolute Gasteiger partial charge is 0.495 e. The van der Waals surface area contributed by atoms with Crippen molar-refractivity contribution in [1.29, 1.82) is 0 Å². The van der Waals surface area contributed by atoms with Gasteiger partial charge in [0.2, 0.25) is 5.95 Å². The highest BCUT2D eigenvalue weighted by Gasteiger charge is 2.17. The molecule has 4 rings (SSSR count). The SMILES string of the molecule is COc1cncc(-c2cc(-c3ccc(N)nc3)nc(N3CCOCC3)n2)c1. The van der Waals surface area contributed by atoms with E-state index in [1.807, 2.05) is 18.2 Å². The first kappa shape index (κ1) is 17.2. The van der Waals surface area contributed by atoms with Gasteiger partial charge in [-0.3, -0.25) is 4.98 Å². The summed E-state index contributed by atoms with van der Waals surface area (Å²) in [5.74, 6) is 1.80. The zero-order valence-corrected chi connectivity index (χ0v) is 15.0. The summed E-state index contributed by atoms with van der Waals surface area (Å²) < 4.78 is 10.7. The summed E-state index contributed by atoms with van der Waals surface area (Å²) in [6, 6.07) is 7.50. The second kappa shape index (κ2) is 7.55. The molecule has 1 saturated heterocycles. The van der Waals surface area contributed by atoms with Crippen LogP contribution in [0.15, 0.2) is 42.9 Å². The van der Waals surface area contributed by atoms with E-state index in [-0.39, 0.29) is 0 Å². The third kappa shape index (κ3) is 3.80. The molecule has 138 valence electrons. The second-order valence-electron chi connectivity index (χ2n) is 6.12. The summed E-state index contributed by atoms with van der Waals surface area (Å²) in [6.07, 6.45) is 5.14. The van der Waals surface area contributed by atoms with E-state index in [1.54, 1.807) is 31.8 Å². The minimum absolute atomic E-state index is 0.471. The van der Waals surface area contributed by atoms with Crippen molar-refractivity contribution in [3.05, 3.63) is 42.9 Å². The zero-order valence-electron chi connectivity index (χ0n) is 15.0. The molecule has 0 unspecified atom stereocenters. The number of morpholine rings is 1. The lowest BCUT2D eigenvalue weighted by atomic mass is 10.1. The Balaban J connectivity index is 1.81. The van der Waals surface area contributed by atoms with E-state index in [9.17, 15) is 0 Å². The molecule has 3 aromatic heterocycles. The lowest BCUT2D eigenvalue weighted by molar-refractivity contribution is 0.122. The monoisotopic (exact) mass is 364 g/mol. The number of pyridine rings is 2. The maximum atomic E-state index is 5.72. The molecule has 1 aliphatic rings. The van der Waals surface area contributed by atoms with Crippen LogP contribution in [0.3, 0.4) is 0 Å². The fraction of sp³-hybridized carbons (Fsp3) is 0.263. The first-order valence-electron chi connectivity index (χ1n) is 8.66. The van der Waals surface area contributed by atoms with Gasteiger partial charge in [0.1, 0.15) is 11.6 Å². The van der Waals surface area contributed by atoms with Crippen LogP contribution in [0.2, 0.25) is 0 Å². The van der Waals surface area contributed by atoms with Gasteiger partial charge in [-0.2, -0.15) is 0 Å². The van der Waals surface area contributed by atoms with Gasteiger partial charge in [-0.05, 0) is 24.3 Å². The average Bonchev–Trinajstić information content (AvgIpc) is 2.74. The molecule has 3 aromatic rings. The van der Waals surface area contributed by atoms with Gasteiger partial charge in [0.25, 0.3) is 0 Å². The molecule has 1 fully saturated rings. The fourth-order valence-corrected chi connectivity index (χ4v) is 2.86. The molecular weight excluding hydrogens is 344 g/mol. The molecule has 0 aromatic carbocycles. The van der Waals surface area contributed by atoms with Gasteiger partial charge in [-0.15, -0.1) is 0 Å². The summed E-state index contributed by atoms with van der Waals surface area (Å²) in [5, 5.41) is 0. The van der Waals surface area contributed by atoms with Crippen LogP contribution in [0.5, 0.6) is 5.75 Å². The summed E-state index contributed by atoms with van der Waals surface area (Å²) in [7, 11) is 1.62. The van der Waals surface area contributed by atoms with Crippen LogP contribution >= 0.6 is 0 Å². The Morgan fingerprint density at radius 1 is 1.00 bits per heavy atom. The van der Waals surface area contributed by atoms with E-state index in [4.69, 9.17) is 25.2 Å². The molecule has 0 saturated carbocycles. The molecule has 0 amide bonds. The highest BCUT2D eigenvalue weighted by atomic mass is 16.5. The molecular formula is C19H20N6O2. The minimum atomic E-state index is 0.471. The predicted octanol–water partition coefficient (Wildman–Crippen LogP) is 2.03. The van der Waals surface area contributed by atoms with Gasteiger partial charge >= 0.3 is 0 Å². The van der Waals surface area contributed by atoms with E-state index in [1.165, 1.54) is 0 Å². The Hall–Kier alpha value is -3.26. The Morgan fingerprint density at radius 3 is 2.48 bits per heavy atom. The second-order valence-corrected chi connectivity index (χ2v) is 6.12. The van der Waals surface area contributed by atoms with E-state index in [2.05, 4.69) is 14.9 Å². The standard InChI is InChI=1S/C19H20N6O2/c1-26-15-8-14(10-21-12-15)17-9-16(13-2-3-18(20)22-11-13)23-19(24-17)25-4-6-27-7-5-25/h2-3,8-12H,4-7H2,1H3,(H2,20,22). The number of nitrogens with zero attached hydrogens (tertiary/aromatic N) is 5. The van der Waals surface area contributed by atoms with Crippen molar-refractivity contribution in [2.45, 2.75) is 0 Å². The molecule has 8 heteroatoms. The van der Waals surface area contributed by atoms with Gasteiger partial charge in [-0.25, -0.2) is 15.0 Å². The van der Waals surface area contributed by atoms with Gasteiger partial charge in [0.05, 0.1) is 37.9 Å². The lowest BCUT2D eigenvalue weighted by Crippen LogP contribution is -2.37. The van der Waals surface area contributed by atoms with Crippen molar-refractivity contribution in [3.8, 4) is 28.3 Å². The maximum absolute atomic E-state index is 5.72. The summed E-state index contributed by atoms with van der Waals surface area (Å²) in [4.78, 5) is 20.1. The van der Waals surface area contributed by atoms with E-state index < -0.39 is 0 Å². The quantitative estimate of drug-likeness (QED) is 0.751. The Kier molecular flexibility index (Phi) is 4.80. The van der Waals surface area contributed by atoms with Gasteiger partial charge in [0.15, 0.2) is 0 Å². The van der Waals surface area contributed by atoms with Gasteiger partial charge in [0, 0.05) is 36.6 Å². The summed E-state index contributed by atoms with van der Waals surface area (Å²) >= 11 is 0. The molecule has 0 aliphatic carbocycles. The Labute approximate surface area is 157 Å². The van der Waals surface area contributed by atoms with Crippen molar-refractivity contribution >= 4 is 11.8 Å². The molecule has 2 N–H and O–H groups in total. The highest BCUT2D eigenvalue weighted by Crippen LogP contribution is 2.28. The number of ether oxygens (including phenoxy) is 2. The Bertz CT molecular complexity index is 926. The van der Waals surface area contributed by atoms with Crippen LogP contribution in [0.25, 0.3) is 22.5 Å². The molecule has 0 atom stereocenters. The van der Waals surface area contributed by atoms with Crippen molar-refractivity contribution in [2.75, 3.05) is 44.0 Å². The molecule has 0 bridgehead atoms. The lowest BCUT2D eigenvalue weighted by Gasteiger charge is -2.27. The molecule has 0 radical (unpaired) electrons. The predicted molar refractivity (Wildman–Crippen MR) is 102 cm³/mol. The molecule has 1 aliphatic heterocycles. The number of nitrogens with two attached hydrogens (primary N) is 1. The smallest absolute Gasteiger partial charge is 0.226 e. The van der Waals surface area contributed by atoms with E-state index >= 15 is 0 Å². The third-order valence-electron chi connectivity index (χ3n) is 4.34. The molecule has 0 spiro atoms. The third-order valence-corrected chi connectivity index (χ3v) is 4.34. The van der Waals surface area contributed by atoms with Crippen LogP contribution in [0.1, 0.15) is 0 Å². The van der Waals surface area contributed by atoms with E-state index in [0.29, 0.717) is 30.7 Å². The zero-order chi connectivity index (χ0) is 18.6. The number of nitrogen functional groups attached to an aromatic ring is 1. The van der Waals surface area contributed by atoms with E-state index in [0.717, 1.165) is 35.6 Å². The van der Waals surface area contributed by atoms with Crippen molar-refractivity contribution in [3.63, 3.8) is 0 Å². The van der Waals surface area contributed by atoms with Crippen LogP contribution in [-0.4, -0.2) is 53.3 Å². The normalized spacial score (nSPS) is 14.2. The topological polar surface area (TPSA) is 99.3 Å². The van der Waals surface area contributed by atoms with Crippen molar-refractivity contribution < 1.29 is 9.47 Å². The number of anilines is 2. The Morgan fingerprint density at radius 2 is 1.78 bits per heavy atom. The number of methoxy groups -OCH3 is 1. The molecule has 8 nitrogen and oxygen atoms in total. The van der Waals surface area contributed by atoms with Crippen LogP contribution in [0.4, 0.5) is 11.8 Å². The van der Waals surface area contributed by atoms with Gasteiger partial charge < -0.3 is 20.1 Å².